The summed E-state index contributed by atoms with van der Waals surface area (Å²) in [6, 6.07) is 37.7. The van der Waals surface area contributed by atoms with Gasteiger partial charge in [-0.2, -0.15) is 0 Å². The van der Waals surface area contributed by atoms with Crippen LogP contribution in [0.4, 0.5) is 0 Å². The maximum atomic E-state index is 11.3. The predicted octanol–water partition coefficient (Wildman–Crippen LogP) is 6.91. The lowest BCUT2D eigenvalue weighted by Gasteiger charge is -1.98. The van der Waals surface area contributed by atoms with Crippen LogP contribution in [0.15, 0.2) is 121 Å². The Morgan fingerprint density at radius 2 is 0.571 bits per heavy atom. The largest absolute Gasteiger partial charge is 0.298 e. The monoisotopic (exact) mass is 534 g/mol. The van der Waals surface area contributed by atoms with Crippen molar-refractivity contribution in [1.82, 2.24) is 0 Å². The fraction of sp³-hybridized carbons (Fsp3) is 0. The zero-order chi connectivity index (χ0) is 29.0. The van der Waals surface area contributed by atoms with Crippen LogP contribution in [-0.4, -0.2) is 12.6 Å². The second kappa shape index (κ2) is 13.7. The lowest BCUT2D eigenvalue weighted by Crippen LogP contribution is -1.87. The molecule has 0 N–H and O–H groups in total. The van der Waals surface area contributed by atoms with Gasteiger partial charge in [-0.1, -0.05) is 108 Å². The van der Waals surface area contributed by atoms with Crippen LogP contribution in [0.25, 0.3) is 0 Å². The van der Waals surface area contributed by atoms with E-state index in [2.05, 4.69) is 47.4 Å². The third-order valence-electron chi connectivity index (χ3n) is 6.26. The Labute approximate surface area is 246 Å². The van der Waals surface area contributed by atoms with E-state index in [0.717, 1.165) is 46.0 Å². The van der Waals surface area contributed by atoms with E-state index in [1.165, 1.54) is 0 Å². The Balaban J connectivity index is 1.34. The Morgan fingerprint density at radius 3 is 0.905 bits per heavy atom. The van der Waals surface area contributed by atoms with Crippen LogP contribution in [0.2, 0.25) is 0 Å². The lowest BCUT2D eigenvalue weighted by atomic mass is 10.0. The number of aldehydes is 2. The van der Waals surface area contributed by atoms with E-state index in [1.54, 1.807) is 12.1 Å². The summed E-state index contributed by atoms with van der Waals surface area (Å²) >= 11 is 0. The number of hydrogen-bond donors (Lipinski definition) is 0. The first-order chi connectivity index (χ1) is 20.7. The number of rotatable bonds is 2. The molecule has 0 bridgehead atoms. The van der Waals surface area contributed by atoms with E-state index in [-0.39, 0.29) is 0 Å². The van der Waals surface area contributed by atoms with Gasteiger partial charge in [0.1, 0.15) is 0 Å². The van der Waals surface area contributed by atoms with Crippen molar-refractivity contribution in [1.29, 1.82) is 0 Å². The summed E-state index contributed by atoms with van der Waals surface area (Å²) in [4.78, 5) is 22.6. The highest BCUT2D eigenvalue weighted by Crippen LogP contribution is 2.11. The van der Waals surface area contributed by atoms with Gasteiger partial charge in [-0.3, -0.25) is 9.59 Å². The third-order valence-corrected chi connectivity index (χ3v) is 6.26. The molecule has 0 spiro atoms. The Kier molecular flexibility index (Phi) is 8.86. The standard InChI is InChI=1S/C40H22O2/c41-29-39-15-7-5-13-37(39)27-25-35-11-3-1-9-33(35)23-21-31-17-19-32(20-18-31)22-24-34-10-2-4-12-36(34)26-28-38-14-6-8-16-40(38)30-42/h1-20,29-30H. The van der Waals surface area contributed by atoms with Gasteiger partial charge in [-0.15, -0.1) is 0 Å². The Bertz CT molecular complexity index is 1880. The predicted molar refractivity (Wildman–Crippen MR) is 167 cm³/mol. The van der Waals surface area contributed by atoms with Crippen LogP contribution in [0, 0.1) is 47.4 Å². The van der Waals surface area contributed by atoms with Crippen LogP contribution in [-0.2, 0) is 0 Å². The molecule has 0 atom stereocenters. The molecule has 5 aromatic carbocycles. The quantitative estimate of drug-likeness (QED) is 0.182. The molecule has 2 heteroatoms. The Morgan fingerprint density at radius 1 is 0.310 bits per heavy atom. The molecule has 0 heterocycles. The third kappa shape index (κ3) is 7.00. The average molecular weight is 535 g/mol. The molecule has 0 radical (unpaired) electrons. The molecule has 0 amide bonds. The topological polar surface area (TPSA) is 34.1 Å². The number of carbonyl (C=O) groups is 2. The van der Waals surface area contributed by atoms with Gasteiger partial charge >= 0.3 is 0 Å². The minimum Gasteiger partial charge on any atom is -0.298 e. The summed E-state index contributed by atoms with van der Waals surface area (Å²) in [5.41, 5.74) is 7.42. The van der Waals surface area contributed by atoms with Crippen LogP contribution in [0.1, 0.15) is 65.2 Å². The summed E-state index contributed by atoms with van der Waals surface area (Å²) in [6.07, 6.45) is 1.63. The van der Waals surface area contributed by atoms with Gasteiger partial charge in [0.05, 0.1) is 0 Å². The second-order valence-corrected chi connectivity index (χ2v) is 9.08. The first kappa shape index (κ1) is 27.3. The molecule has 194 valence electrons. The highest BCUT2D eigenvalue weighted by molar-refractivity contribution is 5.80. The molecule has 0 aliphatic rings. The minimum atomic E-state index is 0.563. The minimum absolute atomic E-state index is 0.563. The van der Waals surface area contributed by atoms with E-state index < -0.39 is 0 Å². The first-order valence-electron chi connectivity index (χ1n) is 13.2. The zero-order valence-corrected chi connectivity index (χ0v) is 22.5. The zero-order valence-electron chi connectivity index (χ0n) is 22.5. The second-order valence-electron chi connectivity index (χ2n) is 9.08. The van der Waals surface area contributed by atoms with Gasteiger partial charge < -0.3 is 0 Å². The van der Waals surface area contributed by atoms with Crippen molar-refractivity contribution in [2.45, 2.75) is 0 Å². The molecule has 0 fully saturated rings. The van der Waals surface area contributed by atoms with E-state index in [1.807, 2.05) is 109 Å². The molecule has 0 aliphatic heterocycles. The maximum Gasteiger partial charge on any atom is 0.151 e. The van der Waals surface area contributed by atoms with E-state index in [0.29, 0.717) is 22.3 Å². The van der Waals surface area contributed by atoms with Gasteiger partial charge in [0.25, 0.3) is 0 Å². The van der Waals surface area contributed by atoms with E-state index in [9.17, 15) is 9.59 Å². The summed E-state index contributed by atoms with van der Waals surface area (Å²) in [6.45, 7) is 0. The number of benzene rings is 5. The van der Waals surface area contributed by atoms with E-state index >= 15 is 0 Å². The maximum absolute atomic E-state index is 11.3. The van der Waals surface area contributed by atoms with Crippen LogP contribution in [0.3, 0.4) is 0 Å². The molecule has 0 unspecified atom stereocenters. The molecule has 0 saturated heterocycles. The molecule has 0 aromatic heterocycles. The van der Waals surface area contributed by atoms with Gasteiger partial charge in [-0.05, 0) is 60.7 Å². The fourth-order valence-corrected chi connectivity index (χ4v) is 4.01. The van der Waals surface area contributed by atoms with Gasteiger partial charge in [0.15, 0.2) is 12.6 Å². The van der Waals surface area contributed by atoms with Crippen molar-refractivity contribution in [2.75, 3.05) is 0 Å². The van der Waals surface area contributed by atoms with Crippen molar-refractivity contribution in [3.8, 4) is 47.4 Å². The number of hydrogen-bond acceptors (Lipinski definition) is 2. The first-order valence-corrected chi connectivity index (χ1v) is 13.2. The van der Waals surface area contributed by atoms with Gasteiger partial charge in [0, 0.05) is 55.6 Å². The van der Waals surface area contributed by atoms with Crippen molar-refractivity contribution < 1.29 is 9.59 Å². The average Bonchev–Trinajstić information content (AvgIpc) is 3.06. The van der Waals surface area contributed by atoms with Crippen molar-refractivity contribution in [2.24, 2.45) is 0 Å². The summed E-state index contributed by atoms with van der Waals surface area (Å²) < 4.78 is 0. The smallest absolute Gasteiger partial charge is 0.151 e. The van der Waals surface area contributed by atoms with E-state index in [4.69, 9.17) is 0 Å². The van der Waals surface area contributed by atoms with Crippen LogP contribution in [0.5, 0.6) is 0 Å². The molecule has 0 aliphatic carbocycles. The summed E-state index contributed by atoms with van der Waals surface area (Å²) in [5.74, 6) is 25.4. The van der Waals surface area contributed by atoms with Crippen molar-refractivity contribution in [3.63, 3.8) is 0 Å². The molecule has 0 saturated carbocycles. The van der Waals surface area contributed by atoms with Crippen molar-refractivity contribution >= 4 is 12.6 Å². The normalized spacial score (nSPS) is 9.33. The van der Waals surface area contributed by atoms with Gasteiger partial charge in [0.2, 0.25) is 0 Å². The van der Waals surface area contributed by atoms with Gasteiger partial charge in [-0.25, -0.2) is 0 Å². The summed E-state index contributed by atoms with van der Waals surface area (Å²) in [7, 11) is 0. The fourth-order valence-electron chi connectivity index (χ4n) is 4.01. The molecular weight excluding hydrogens is 512 g/mol. The molecule has 42 heavy (non-hydrogen) atoms. The number of carbonyl (C=O) groups excluding carboxylic acids is 2. The molecular formula is C40H22O2. The SMILES string of the molecule is O=Cc1ccccc1C#Cc1ccccc1C#Cc1ccc(C#Cc2ccccc2C#Cc2ccccc2C=O)cc1. The summed E-state index contributed by atoms with van der Waals surface area (Å²) in [5, 5.41) is 0. The molecule has 2 nitrogen and oxygen atoms in total. The molecule has 5 rings (SSSR count). The van der Waals surface area contributed by atoms with Crippen LogP contribution >= 0.6 is 0 Å². The lowest BCUT2D eigenvalue weighted by molar-refractivity contribution is 0.111. The highest BCUT2D eigenvalue weighted by atomic mass is 16.1. The van der Waals surface area contributed by atoms with Crippen molar-refractivity contribution in [3.05, 3.63) is 177 Å². The Hall–Kier alpha value is -6.32. The molecule has 5 aromatic rings. The highest BCUT2D eigenvalue weighted by Gasteiger charge is 2.00. The van der Waals surface area contributed by atoms with Crippen LogP contribution < -0.4 is 0 Å².